The number of hydrogen-bond donors (Lipinski definition) is 2. The van der Waals surface area contributed by atoms with E-state index in [4.69, 9.17) is 5.11 Å². The van der Waals surface area contributed by atoms with Gasteiger partial charge in [0.15, 0.2) is 0 Å². The van der Waals surface area contributed by atoms with Crippen LogP contribution in [0.3, 0.4) is 0 Å². The first-order valence-corrected chi connectivity index (χ1v) is 7.79. The highest BCUT2D eigenvalue weighted by Crippen LogP contribution is 2.26. The van der Waals surface area contributed by atoms with Crippen molar-refractivity contribution >= 4 is 21.7 Å². The van der Waals surface area contributed by atoms with E-state index >= 15 is 0 Å². The summed E-state index contributed by atoms with van der Waals surface area (Å²) in [4.78, 5) is 12.7. The summed E-state index contributed by atoms with van der Waals surface area (Å²) < 4.78 is 26.4. The Kier molecular flexibility index (Phi) is 5.52. The van der Waals surface area contributed by atoms with Crippen LogP contribution in [0.15, 0.2) is 29.2 Å². The number of nitrogens with one attached hydrogen (secondary N) is 1. The second-order valence-electron chi connectivity index (χ2n) is 4.61. The van der Waals surface area contributed by atoms with Crippen LogP contribution >= 0.6 is 0 Å². The number of carbonyl (C=O) groups is 1. The number of benzene rings is 1. The van der Waals surface area contributed by atoms with Gasteiger partial charge in [-0.1, -0.05) is 12.1 Å². The van der Waals surface area contributed by atoms with Gasteiger partial charge in [-0.15, -0.1) is 0 Å². The maximum atomic E-state index is 12.0. The highest BCUT2D eigenvalue weighted by atomic mass is 32.2. The lowest BCUT2D eigenvalue weighted by molar-refractivity contribution is -0.136. The van der Waals surface area contributed by atoms with Crippen LogP contribution in [0, 0.1) is 0 Å². The van der Waals surface area contributed by atoms with Gasteiger partial charge >= 0.3 is 5.97 Å². The lowest BCUT2D eigenvalue weighted by atomic mass is 10.2. The number of para-hydroxylation sites is 1. The molecule has 1 aromatic rings. The number of aliphatic carboxylic acids is 1. The number of rotatable bonds is 7. The van der Waals surface area contributed by atoms with Gasteiger partial charge in [-0.2, -0.15) is 0 Å². The molecule has 0 saturated carbocycles. The van der Waals surface area contributed by atoms with Gasteiger partial charge in [-0.25, -0.2) is 13.1 Å². The van der Waals surface area contributed by atoms with E-state index in [1.165, 1.54) is 13.1 Å². The number of nitrogens with zero attached hydrogens (tertiary/aromatic N) is 1. The Balaban J connectivity index is 3.24. The average molecular weight is 300 g/mol. The minimum absolute atomic E-state index is 0.0115. The van der Waals surface area contributed by atoms with Crippen LogP contribution in [0.5, 0.6) is 0 Å². The molecular formula is C13H20N2O4S. The largest absolute Gasteiger partial charge is 0.481 e. The zero-order valence-electron chi connectivity index (χ0n) is 11.8. The second-order valence-corrected chi connectivity index (χ2v) is 6.46. The second kappa shape index (κ2) is 6.71. The van der Waals surface area contributed by atoms with Gasteiger partial charge in [-0.3, -0.25) is 4.79 Å². The smallest absolute Gasteiger partial charge is 0.305 e. The molecule has 0 aliphatic rings. The molecule has 0 spiro atoms. The van der Waals surface area contributed by atoms with E-state index in [0.717, 1.165) is 0 Å². The van der Waals surface area contributed by atoms with Crippen molar-refractivity contribution in [2.24, 2.45) is 0 Å². The van der Waals surface area contributed by atoms with E-state index in [1.807, 2.05) is 13.8 Å². The van der Waals surface area contributed by atoms with Crippen LogP contribution in [0.4, 0.5) is 5.69 Å². The van der Waals surface area contributed by atoms with Crippen molar-refractivity contribution in [2.45, 2.75) is 31.2 Å². The van der Waals surface area contributed by atoms with Crippen LogP contribution in [-0.4, -0.2) is 39.1 Å². The molecule has 1 rings (SSSR count). The summed E-state index contributed by atoms with van der Waals surface area (Å²) in [5, 5.41) is 8.81. The fourth-order valence-electron chi connectivity index (χ4n) is 1.90. The standard InChI is InChI=1S/C13H20N2O4S/c1-10(2)15(9-8-13(16)17)11-6-4-5-7-12(11)20(18,19)14-3/h4-7,10,14H,8-9H2,1-3H3,(H,16,17). The third kappa shape index (κ3) is 3.94. The van der Waals surface area contributed by atoms with Crippen LogP contribution in [0.25, 0.3) is 0 Å². The zero-order valence-corrected chi connectivity index (χ0v) is 12.6. The summed E-state index contributed by atoms with van der Waals surface area (Å²) in [5.74, 6) is -0.912. The molecule has 0 unspecified atom stereocenters. The molecule has 7 heteroatoms. The molecular weight excluding hydrogens is 280 g/mol. The van der Waals surface area contributed by atoms with Crippen molar-refractivity contribution in [3.63, 3.8) is 0 Å². The van der Waals surface area contributed by atoms with Crippen molar-refractivity contribution in [1.29, 1.82) is 0 Å². The van der Waals surface area contributed by atoms with Crippen LogP contribution < -0.4 is 9.62 Å². The average Bonchev–Trinajstić information content (AvgIpc) is 2.38. The Morgan fingerprint density at radius 1 is 1.35 bits per heavy atom. The maximum Gasteiger partial charge on any atom is 0.305 e. The third-order valence-electron chi connectivity index (χ3n) is 2.92. The first kappa shape index (κ1) is 16.5. The summed E-state index contributed by atoms with van der Waals surface area (Å²) >= 11 is 0. The Morgan fingerprint density at radius 2 is 1.95 bits per heavy atom. The molecule has 0 fully saturated rings. The Bertz CT molecular complexity index is 569. The Labute approximate surface area is 119 Å². The Morgan fingerprint density at radius 3 is 2.45 bits per heavy atom. The maximum absolute atomic E-state index is 12.0. The number of hydrogen-bond acceptors (Lipinski definition) is 4. The van der Waals surface area contributed by atoms with Gasteiger partial charge in [0.25, 0.3) is 0 Å². The monoisotopic (exact) mass is 300 g/mol. The molecule has 0 amide bonds. The molecule has 0 heterocycles. The van der Waals surface area contributed by atoms with Crippen molar-refractivity contribution < 1.29 is 18.3 Å². The molecule has 0 aliphatic heterocycles. The quantitative estimate of drug-likeness (QED) is 0.792. The molecule has 1 aromatic carbocycles. The molecule has 112 valence electrons. The van der Waals surface area contributed by atoms with E-state index < -0.39 is 16.0 Å². The molecule has 6 nitrogen and oxygen atoms in total. The number of carboxylic acid groups (broad SMARTS) is 1. The molecule has 0 aromatic heterocycles. The first-order valence-electron chi connectivity index (χ1n) is 6.30. The normalized spacial score (nSPS) is 11.6. The van der Waals surface area contributed by atoms with Gasteiger partial charge in [0.05, 0.1) is 12.1 Å². The summed E-state index contributed by atoms with van der Waals surface area (Å²) in [6.45, 7) is 4.04. The molecule has 20 heavy (non-hydrogen) atoms. The highest BCUT2D eigenvalue weighted by molar-refractivity contribution is 7.89. The van der Waals surface area contributed by atoms with E-state index in [1.54, 1.807) is 23.1 Å². The molecule has 0 bridgehead atoms. The third-order valence-corrected chi connectivity index (χ3v) is 4.38. The van der Waals surface area contributed by atoms with Crippen LogP contribution in [-0.2, 0) is 14.8 Å². The van der Waals surface area contributed by atoms with Crippen LogP contribution in [0.1, 0.15) is 20.3 Å². The molecule has 0 atom stereocenters. The highest BCUT2D eigenvalue weighted by Gasteiger charge is 2.22. The minimum Gasteiger partial charge on any atom is -0.481 e. The van der Waals surface area contributed by atoms with Crippen molar-refractivity contribution in [2.75, 3.05) is 18.5 Å². The predicted octanol–water partition coefficient (Wildman–Crippen LogP) is 1.28. The van der Waals surface area contributed by atoms with Gasteiger partial charge < -0.3 is 10.0 Å². The fourth-order valence-corrected chi connectivity index (χ4v) is 2.84. The summed E-state index contributed by atoms with van der Waals surface area (Å²) in [7, 11) is -2.23. The summed E-state index contributed by atoms with van der Waals surface area (Å²) in [5.41, 5.74) is 0.512. The SMILES string of the molecule is CNS(=O)(=O)c1ccccc1N(CCC(=O)O)C(C)C. The van der Waals surface area contributed by atoms with Crippen molar-refractivity contribution in [3.8, 4) is 0 Å². The van der Waals surface area contributed by atoms with E-state index in [-0.39, 0.29) is 23.9 Å². The van der Waals surface area contributed by atoms with E-state index in [0.29, 0.717) is 5.69 Å². The number of sulfonamides is 1. The van der Waals surface area contributed by atoms with Gasteiger partial charge in [0.2, 0.25) is 10.0 Å². The lowest BCUT2D eigenvalue weighted by Gasteiger charge is -2.30. The van der Waals surface area contributed by atoms with E-state index in [9.17, 15) is 13.2 Å². The van der Waals surface area contributed by atoms with E-state index in [2.05, 4.69) is 4.72 Å². The van der Waals surface area contributed by atoms with Crippen LogP contribution in [0.2, 0.25) is 0 Å². The fraction of sp³-hybridized carbons (Fsp3) is 0.462. The molecule has 0 radical (unpaired) electrons. The number of carboxylic acids is 1. The van der Waals surface area contributed by atoms with Gasteiger partial charge in [0.1, 0.15) is 4.90 Å². The summed E-state index contributed by atoms with van der Waals surface area (Å²) in [6.07, 6.45) is -0.0495. The Hall–Kier alpha value is -1.60. The first-order chi connectivity index (χ1) is 9.29. The lowest BCUT2D eigenvalue weighted by Crippen LogP contribution is -2.34. The van der Waals surface area contributed by atoms with Crippen molar-refractivity contribution in [1.82, 2.24) is 4.72 Å². The molecule has 0 saturated heterocycles. The molecule has 0 aliphatic carbocycles. The predicted molar refractivity (Wildman–Crippen MR) is 77.4 cm³/mol. The molecule has 2 N–H and O–H groups in total. The van der Waals surface area contributed by atoms with Gasteiger partial charge in [-0.05, 0) is 33.0 Å². The number of anilines is 1. The van der Waals surface area contributed by atoms with Gasteiger partial charge in [0, 0.05) is 12.6 Å². The zero-order chi connectivity index (χ0) is 15.3. The summed E-state index contributed by atoms with van der Waals surface area (Å²) in [6, 6.07) is 6.56. The topological polar surface area (TPSA) is 86.7 Å². The minimum atomic E-state index is -3.59. The van der Waals surface area contributed by atoms with Crippen molar-refractivity contribution in [3.05, 3.63) is 24.3 Å².